The number of morpholine rings is 1. The standard InChI is InChI=1S/C23H33N3O3/c1-16(2)21-12-19(13-22(27)26-7-9-29-10-8-26)17(3)11-20(21)15-25-23(28)18-5-4-6-24-14-18/h4-6,11,14,16,19-21H,7-10,12-13,15H2,1-3H3,(H,25,28)/t19-,20-,21-/m0/s1. The topological polar surface area (TPSA) is 71.5 Å². The van der Waals surface area contributed by atoms with Crippen molar-refractivity contribution >= 4 is 11.8 Å². The maximum absolute atomic E-state index is 12.7. The molecule has 6 nitrogen and oxygen atoms in total. The van der Waals surface area contributed by atoms with E-state index in [9.17, 15) is 9.59 Å². The first-order valence-corrected chi connectivity index (χ1v) is 10.7. The number of carbonyl (C=O) groups is 2. The molecule has 0 unspecified atom stereocenters. The van der Waals surface area contributed by atoms with Crippen LogP contribution in [0, 0.1) is 23.7 Å². The highest BCUT2D eigenvalue weighted by Crippen LogP contribution is 2.39. The van der Waals surface area contributed by atoms with Crippen LogP contribution in [0.2, 0.25) is 0 Å². The van der Waals surface area contributed by atoms with Crippen LogP contribution < -0.4 is 5.32 Å². The Morgan fingerprint density at radius 1 is 1.31 bits per heavy atom. The van der Waals surface area contributed by atoms with Crippen LogP contribution in [0.25, 0.3) is 0 Å². The lowest BCUT2D eigenvalue weighted by molar-refractivity contribution is -0.136. The molecule has 2 heterocycles. The maximum Gasteiger partial charge on any atom is 0.252 e. The minimum absolute atomic E-state index is 0.0868. The highest BCUT2D eigenvalue weighted by Gasteiger charge is 2.33. The van der Waals surface area contributed by atoms with Gasteiger partial charge >= 0.3 is 0 Å². The van der Waals surface area contributed by atoms with E-state index in [4.69, 9.17) is 4.74 Å². The fraction of sp³-hybridized carbons (Fsp3) is 0.609. The summed E-state index contributed by atoms with van der Waals surface area (Å²) in [5.41, 5.74) is 1.85. The van der Waals surface area contributed by atoms with E-state index < -0.39 is 0 Å². The number of nitrogens with zero attached hydrogens (tertiary/aromatic N) is 2. The first kappa shape index (κ1) is 21.5. The second kappa shape index (κ2) is 10.0. The molecule has 2 amide bonds. The molecule has 0 aromatic carbocycles. The van der Waals surface area contributed by atoms with Gasteiger partial charge in [0.15, 0.2) is 0 Å². The van der Waals surface area contributed by atoms with Gasteiger partial charge < -0.3 is 15.0 Å². The molecular formula is C23H33N3O3. The number of ether oxygens (including phenoxy) is 1. The number of rotatable bonds is 6. The van der Waals surface area contributed by atoms with E-state index in [1.54, 1.807) is 24.5 Å². The highest BCUT2D eigenvalue weighted by molar-refractivity contribution is 5.93. The average molecular weight is 400 g/mol. The quantitative estimate of drug-likeness (QED) is 0.747. The summed E-state index contributed by atoms with van der Waals surface area (Å²) in [6.45, 7) is 9.88. The Morgan fingerprint density at radius 2 is 2.07 bits per heavy atom. The number of aromatic nitrogens is 1. The molecule has 3 rings (SSSR count). The second-order valence-corrected chi connectivity index (χ2v) is 8.56. The van der Waals surface area contributed by atoms with E-state index in [0.717, 1.165) is 6.42 Å². The van der Waals surface area contributed by atoms with E-state index in [2.05, 4.69) is 37.1 Å². The van der Waals surface area contributed by atoms with Gasteiger partial charge in [0.25, 0.3) is 5.91 Å². The van der Waals surface area contributed by atoms with Gasteiger partial charge in [-0.3, -0.25) is 14.6 Å². The Balaban J connectivity index is 1.62. The normalized spacial score (nSPS) is 24.9. The molecule has 2 aliphatic rings. The largest absolute Gasteiger partial charge is 0.378 e. The molecule has 1 saturated heterocycles. The molecule has 1 aliphatic heterocycles. The van der Waals surface area contributed by atoms with Gasteiger partial charge in [0, 0.05) is 38.4 Å². The van der Waals surface area contributed by atoms with Crippen LogP contribution >= 0.6 is 0 Å². The molecule has 0 saturated carbocycles. The second-order valence-electron chi connectivity index (χ2n) is 8.56. The summed E-state index contributed by atoms with van der Waals surface area (Å²) in [4.78, 5) is 31.1. The van der Waals surface area contributed by atoms with E-state index in [-0.39, 0.29) is 23.7 Å². The van der Waals surface area contributed by atoms with Crippen molar-refractivity contribution in [2.45, 2.75) is 33.6 Å². The number of carbonyl (C=O) groups excluding carboxylic acids is 2. The van der Waals surface area contributed by atoms with Crippen LogP contribution in [0.5, 0.6) is 0 Å². The van der Waals surface area contributed by atoms with Gasteiger partial charge in [-0.1, -0.05) is 25.5 Å². The first-order chi connectivity index (χ1) is 14.0. The molecule has 0 bridgehead atoms. The zero-order chi connectivity index (χ0) is 20.8. The summed E-state index contributed by atoms with van der Waals surface area (Å²) in [5, 5.41) is 3.07. The van der Waals surface area contributed by atoms with Crippen molar-refractivity contribution in [1.82, 2.24) is 15.2 Å². The molecule has 0 spiro atoms. The third-order valence-electron chi connectivity index (χ3n) is 6.29. The third kappa shape index (κ3) is 5.66. The zero-order valence-corrected chi connectivity index (χ0v) is 17.8. The zero-order valence-electron chi connectivity index (χ0n) is 17.8. The van der Waals surface area contributed by atoms with Crippen molar-refractivity contribution in [1.29, 1.82) is 0 Å². The van der Waals surface area contributed by atoms with E-state index in [1.807, 2.05) is 4.90 Å². The summed E-state index contributed by atoms with van der Waals surface area (Å²) in [7, 11) is 0. The summed E-state index contributed by atoms with van der Waals surface area (Å²) in [5.74, 6) is 1.64. The van der Waals surface area contributed by atoms with E-state index in [0.29, 0.717) is 56.7 Å². The molecule has 6 heteroatoms. The molecule has 0 radical (unpaired) electrons. The SMILES string of the molecule is CC1=C[C@@H](CNC(=O)c2cccnc2)[C@H](C(C)C)C[C@H]1CC(=O)N1CCOCC1. The molecule has 3 atom stereocenters. The fourth-order valence-electron chi connectivity index (χ4n) is 4.47. The number of nitrogens with one attached hydrogen (secondary N) is 1. The number of allylic oxidation sites excluding steroid dienone is 1. The smallest absolute Gasteiger partial charge is 0.252 e. The molecule has 1 aliphatic carbocycles. The Bertz CT molecular complexity index is 726. The van der Waals surface area contributed by atoms with Crippen LogP contribution in [-0.4, -0.2) is 54.5 Å². The number of pyridine rings is 1. The first-order valence-electron chi connectivity index (χ1n) is 10.7. The highest BCUT2D eigenvalue weighted by atomic mass is 16.5. The fourth-order valence-corrected chi connectivity index (χ4v) is 4.47. The summed E-state index contributed by atoms with van der Waals surface area (Å²) in [6.07, 6.45) is 7.10. The Kier molecular flexibility index (Phi) is 7.42. The van der Waals surface area contributed by atoms with Gasteiger partial charge in [0.2, 0.25) is 5.91 Å². The van der Waals surface area contributed by atoms with Gasteiger partial charge in [-0.25, -0.2) is 0 Å². The molecule has 1 aromatic rings. The van der Waals surface area contributed by atoms with Crippen LogP contribution in [0.15, 0.2) is 36.2 Å². The van der Waals surface area contributed by atoms with Crippen molar-refractivity contribution in [3.05, 3.63) is 41.7 Å². The van der Waals surface area contributed by atoms with Crippen molar-refractivity contribution < 1.29 is 14.3 Å². The van der Waals surface area contributed by atoms with Gasteiger partial charge in [-0.05, 0) is 49.1 Å². The van der Waals surface area contributed by atoms with Gasteiger partial charge in [0.05, 0.1) is 18.8 Å². The van der Waals surface area contributed by atoms with Gasteiger partial charge in [-0.15, -0.1) is 0 Å². The maximum atomic E-state index is 12.7. The predicted molar refractivity (Wildman–Crippen MR) is 112 cm³/mol. The molecule has 29 heavy (non-hydrogen) atoms. The van der Waals surface area contributed by atoms with Crippen molar-refractivity contribution in [3.63, 3.8) is 0 Å². The van der Waals surface area contributed by atoms with Gasteiger partial charge in [-0.2, -0.15) is 0 Å². The Hall–Kier alpha value is -2.21. The Labute approximate surface area is 173 Å². The number of hydrogen-bond donors (Lipinski definition) is 1. The number of hydrogen-bond acceptors (Lipinski definition) is 4. The molecule has 1 fully saturated rings. The lowest BCUT2D eigenvalue weighted by Gasteiger charge is -2.38. The molecular weight excluding hydrogens is 366 g/mol. The lowest BCUT2D eigenvalue weighted by atomic mass is 9.69. The predicted octanol–water partition coefficient (Wildman–Crippen LogP) is 2.91. The monoisotopic (exact) mass is 399 g/mol. The van der Waals surface area contributed by atoms with Crippen molar-refractivity contribution in [3.8, 4) is 0 Å². The van der Waals surface area contributed by atoms with Crippen molar-refractivity contribution in [2.75, 3.05) is 32.8 Å². The molecule has 1 aromatic heterocycles. The lowest BCUT2D eigenvalue weighted by Crippen LogP contribution is -2.42. The molecule has 158 valence electrons. The minimum Gasteiger partial charge on any atom is -0.378 e. The van der Waals surface area contributed by atoms with Gasteiger partial charge in [0.1, 0.15) is 0 Å². The number of amides is 2. The van der Waals surface area contributed by atoms with Crippen LogP contribution in [0.4, 0.5) is 0 Å². The Morgan fingerprint density at radius 3 is 2.72 bits per heavy atom. The van der Waals surface area contributed by atoms with E-state index >= 15 is 0 Å². The molecule has 1 N–H and O–H groups in total. The third-order valence-corrected chi connectivity index (χ3v) is 6.29. The van der Waals surface area contributed by atoms with Crippen molar-refractivity contribution in [2.24, 2.45) is 23.7 Å². The summed E-state index contributed by atoms with van der Waals surface area (Å²) in [6, 6.07) is 3.55. The average Bonchev–Trinajstić information content (AvgIpc) is 2.74. The summed E-state index contributed by atoms with van der Waals surface area (Å²) < 4.78 is 5.36. The summed E-state index contributed by atoms with van der Waals surface area (Å²) >= 11 is 0. The van der Waals surface area contributed by atoms with Crippen LogP contribution in [0.1, 0.15) is 44.0 Å². The van der Waals surface area contributed by atoms with Crippen LogP contribution in [0.3, 0.4) is 0 Å². The minimum atomic E-state index is -0.0868. The van der Waals surface area contributed by atoms with E-state index in [1.165, 1.54) is 5.57 Å². The van der Waals surface area contributed by atoms with Crippen LogP contribution in [-0.2, 0) is 9.53 Å².